The van der Waals surface area contributed by atoms with Crippen LogP contribution in [-0.4, -0.2) is 17.1 Å². The molecule has 1 aromatic carbocycles. The third kappa shape index (κ3) is 3.95. The first kappa shape index (κ1) is 14.4. The molecule has 1 unspecified atom stereocenters. The molecule has 0 amide bonds. The highest BCUT2D eigenvalue weighted by Crippen LogP contribution is 2.25. The van der Waals surface area contributed by atoms with Gasteiger partial charge in [0.1, 0.15) is 0 Å². The van der Waals surface area contributed by atoms with Crippen LogP contribution in [0.5, 0.6) is 0 Å². The molecular weight excluding hydrogens is 228 g/mol. The normalized spacial score (nSPS) is 12.1. The van der Waals surface area contributed by atoms with Crippen LogP contribution in [0.1, 0.15) is 49.9 Å². The standard InChI is InChI=1S/C14H22N2O2/c1-3-4-5-7-10(2)16-13-11(14(17)18)8-6-9-12(13)15/h6,8-10,16H,3-5,7,15H2,1-2H3,(H,17,18). The first-order chi connectivity index (χ1) is 8.56. The van der Waals surface area contributed by atoms with Gasteiger partial charge >= 0.3 is 5.97 Å². The van der Waals surface area contributed by atoms with Crippen LogP contribution in [-0.2, 0) is 0 Å². The topological polar surface area (TPSA) is 75.3 Å². The SMILES string of the molecule is CCCCCC(C)Nc1c(N)cccc1C(=O)O. The number of unbranched alkanes of at least 4 members (excludes halogenated alkanes) is 2. The van der Waals surface area contributed by atoms with Crippen molar-refractivity contribution in [3.8, 4) is 0 Å². The molecule has 0 aliphatic rings. The van der Waals surface area contributed by atoms with Gasteiger partial charge in [-0.1, -0.05) is 32.3 Å². The quantitative estimate of drug-likeness (QED) is 0.512. The predicted molar refractivity (Wildman–Crippen MR) is 75.0 cm³/mol. The molecule has 0 aromatic heterocycles. The molecule has 0 aliphatic heterocycles. The number of nitrogen functional groups attached to an aromatic ring is 1. The summed E-state index contributed by atoms with van der Waals surface area (Å²) in [5, 5.41) is 12.3. The van der Waals surface area contributed by atoms with Gasteiger partial charge < -0.3 is 16.2 Å². The van der Waals surface area contributed by atoms with E-state index in [1.165, 1.54) is 12.8 Å². The molecule has 4 nitrogen and oxygen atoms in total. The average Bonchev–Trinajstić information content (AvgIpc) is 2.31. The van der Waals surface area contributed by atoms with E-state index in [9.17, 15) is 4.79 Å². The summed E-state index contributed by atoms with van der Waals surface area (Å²) in [6, 6.07) is 5.17. The van der Waals surface area contributed by atoms with Gasteiger partial charge in [-0.25, -0.2) is 4.79 Å². The van der Waals surface area contributed by atoms with E-state index in [0.29, 0.717) is 11.4 Å². The van der Waals surface area contributed by atoms with E-state index in [-0.39, 0.29) is 11.6 Å². The number of hydrogen-bond donors (Lipinski definition) is 3. The van der Waals surface area contributed by atoms with Gasteiger partial charge in [-0.05, 0) is 25.5 Å². The summed E-state index contributed by atoms with van der Waals surface area (Å²) >= 11 is 0. The summed E-state index contributed by atoms with van der Waals surface area (Å²) in [4.78, 5) is 11.1. The van der Waals surface area contributed by atoms with Gasteiger partial charge in [0.2, 0.25) is 0 Å². The summed E-state index contributed by atoms with van der Waals surface area (Å²) in [7, 11) is 0. The third-order valence-electron chi connectivity index (χ3n) is 2.96. The monoisotopic (exact) mass is 250 g/mol. The maximum absolute atomic E-state index is 11.1. The molecule has 0 bridgehead atoms. The predicted octanol–water partition coefficient (Wildman–Crippen LogP) is 3.35. The van der Waals surface area contributed by atoms with Crippen molar-refractivity contribution in [2.75, 3.05) is 11.1 Å². The molecular formula is C14H22N2O2. The minimum Gasteiger partial charge on any atom is -0.478 e. The van der Waals surface area contributed by atoms with E-state index in [1.807, 2.05) is 6.92 Å². The lowest BCUT2D eigenvalue weighted by Crippen LogP contribution is -2.18. The number of hydrogen-bond acceptors (Lipinski definition) is 3. The fraction of sp³-hybridized carbons (Fsp3) is 0.500. The molecule has 0 aliphatic carbocycles. The Morgan fingerprint density at radius 1 is 1.44 bits per heavy atom. The summed E-state index contributed by atoms with van der Waals surface area (Å²) in [5.74, 6) is -0.953. The fourth-order valence-electron chi connectivity index (χ4n) is 1.93. The Morgan fingerprint density at radius 2 is 2.17 bits per heavy atom. The number of carboxylic acid groups (broad SMARTS) is 1. The Labute approximate surface area is 108 Å². The molecule has 1 aromatic rings. The average molecular weight is 250 g/mol. The highest BCUT2D eigenvalue weighted by atomic mass is 16.4. The number of rotatable bonds is 7. The highest BCUT2D eigenvalue weighted by Gasteiger charge is 2.14. The fourth-order valence-corrected chi connectivity index (χ4v) is 1.93. The van der Waals surface area contributed by atoms with Crippen molar-refractivity contribution in [1.82, 2.24) is 0 Å². The van der Waals surface area contributed by atoms with Crippen molar-refractivity contribution in [1.29, 1.82) is 0 Å². The van der Waals surface area contributed by atoms with Crippen molar-refractivity contribution < 1.29 is 9.90 Å². The molecule has 4 N–H and O–H groups in total. The van der Waals surface area contributed by atoms with Crippen LogP contribution in [0.25, 0.3) is 0 Å². The number of aromatic carboxylic acids is 1. The lowest BCUT2D eigenvalue weighted by Gasteiger charge is -2.18. The van der Waals surface area contributed by atoms with Crippen LogP contribution in [0.3, 0.4) is 0 Å². The zero-order valence-corrected chi connectivity index (χ0v) is 11.1. The highest BCUT2D eigenvalue weighted by molar-refractivity contribution is 5.97. The zero-order valence-electron chi connectivity index (χ0n) is 11.1. The molecule has 4 heteroatoms. The van der Waals surface area contributed by atoms with Crippen LogP contribution in [0.2, 0.25) is 0 Å². The van der Waals surface area contributed by atoms with Gasteiger partial charge in [0, 0.05) is 6.04 Å². The van der Waals surface area contributed by atoms with Gasteiger partial charge in [0.05, 0.1) is 16.9 Å². The van der Waals surface area contributed by atoms with Crippen LogP contribution >= 0.6 is 0 Å². The molecule has 0 heterocycles. The number of carbonyl (C=O) groups is 1. The molecule has 0 saturated heterocycles. The largest absolute Gasteiger partial charge is 0.478 e. The Bertz CT molecular complexity index is 405. The first-order valence-electron chi connectivity index (χ1n) is 6.44. The number of anilines is 2. The van der Waals surface area contributed by atoms with E-state index < -0.39 is 5.97 Å². The van der Waals surface area contributed by atoms with Gasteiger partial charge in [0.15, 0.2) is 0 Å². The van der Waals surface area contributed by atoms with Crippen molar-refractivity contribution >= 4 is 17.3 Å². The van der Waals surface area contributed by atoms with E-state index >= 15 is 0 Å². The van der Waals surface area contributed by atoms with Crippen LogP contribution in [0.4, 0.5) is 11.4 Å². The van der Waals surface area contributed by atoms with Crippen molar-refractivity contribution in [2.45, 2.75) is 45.6 Å². The van der Waals surface area contributed by atoms with Crippen molar-refractivity contribution in [3.63, 3.8) is 0 Å². The summed E-state index contributed by atoms with van der Waals surface area (Å²) in [6.45, 7) is 4.21. The zero-order chi connectivity index (χ0) is 13.5. The second-order valence-corrected chi connectivity index (χ2v) is 4.62. The van der Waals surface area contributed by atoms with Crippen molar-refractivity contribution in [2.24, 2.45) is 0 Å². The van der Waals surface area contributed by atoms with Crippen LogP contribution < -0.4 is 11.1 Å². The van der Waals surface area contributed by atoms with Crippen LogP contribution in [0, 0.1) is 0 Å². The van der Waals surface area contributed by atoms with E-state index in [4.69, 9.17) is 10.8 Å². The van der Waals surface area contributed by atoms with Gasteiger partial charge in [-0.3, -0.25) is 0 Å². The summed E-state index contributed by atoms with van der Waals surface area (Å²) in [6.07, 6.45) is 4.53. The molecule has 0 saturated carbocycles. The van der Waals surface area contributed by atoms with E-state index in [1.54, 1.807) is 18.2 Å². The van der Waals surface area contributed by atoms with Gasteiger partial charge in [0.25, 0.3) is 0 Å². The number of para-hydroxylation sites is 1. The van der Waals surface area contributed by atoms with Crippen molar-refractivity contribution in [3.05, 3.63) is 23.8 Å². The van der Waals surface area contributed by atoms with E-state index in [0.717, 1.165) is 12.8 Å². The number of nitrogens with two attached hydrogens (primary N) is 1. The molecule has 0 fully saturated rings. The second-order valence-electron chi connectivity index (χ2n) is 4.62. The number of carboxylic acids is 1. The molecule has 18 heavy (non-hydrogen) atoms. The smallest absolute Gasteiger partial charge is 0.337 e. The molecule has 0 spiro atoms. The minimum atomic E-state index is -0.953. The third-order valence-corrected chi connectivity index (χ3v) is 2.96. The minimum absolute atomic E-state index is 0.222. The summed E-state index contributed by atoms with van der Waals surface area (Å²) in [5.41, 5.74) is 7.09. The molecule has 0 radical (unpaired) electrons. The van der Waals surface area contributed by atoms with Gasteiger partial charge in [-0.2, -0.15) is 0 Å². The van der Waals surface area contributed by atoms with Gasteiger partial charge in [-0.15, -0.1) is 0 Å². The lowest BCUT2D eigenvalue weighted by atomic mass is 10.1. The molecule has 1 rings (SSSR count). The number of nitrogens with one attached hydrogen (secondary N) is 1. The van der Waals surface area contributed by atoms with E-state index in [2.05, 4.69) is 12.2 Å². The Morgan fingerprint density at radius 3 is 2.78 bits per heavy atom. The lowest BCUT2D eigenvalue weighted by molar-refractivity contribution is 0.0698. The Hall–Kier alpha value is -1.71. The molecule has 1 atom stereocenters. The maximum Gasteiger partial charge on any atom is 0.337 e. The number of benzene rings is 1. The first-order valence-corrected chi connectivity index (χ1v) is 6.44. The maximum atomic E-state index is 11.1. The Balaban J connectivity index is 2.73. The Kier molecular flexibility index (Phi) is 5.49. The van der Waals surface area contributed by atoms with Crippen LogP contribution in [0.15, 0.2) is 18.2 Å². The summed E-state index contributed by atoms with van der Waals surface area (Å²) < 4.78 is 0. The molecule has 100 valence electrons. The second kappa shape index (κ2) is 6.89.